The minimum atomic E-state index is -0.669. The average Bonchev–Trinajstić information content (AvgIpc) is 2.89. The highest BCUT2D eigenvalue weighted by molar-refractivity contribution is 14.1. The number of nitrogens with zero attached hydrogens (tertiary/aromatic N) is 2. The molecular weight excluding hydrogens is 378 g/mol. The Balaban J connectivity index is 1.84. The van der Waals surface area contributed by atoms with Crippen LogP contribution in [0.5, 0.6) is 0 Å². The molecule has 0 radical (unpaired) electrons. The number of rotatable bonds is 3. The van der Waals surface area contributed by atoms with Crippen molar-refractivity contribution in [2.75, 3.05) is 0 Å². The van der Waals surface area contributed by atoms with Gasteiger partial charge in [0.15, 0.2) is 4.96 Å². The Morgan fingerprint density at radius 2 is 2.32 bits per heavy atom. The summed E-state index contributed by atoms with van der Waals surface area (Å²) in [6.45, 7) is 0. The fourth-order valence-electron chi connectivity index (χ4n) is 1.95. The van der Waals surface area contributed by atoms with Crippen LogP contribution in [0.3, 0.4) is 0 Å². The molecule has 0 aliphatic carbocycles. The van der Waals surface area contributed by atoms with Crippen molar-refractivity contribution in [1.82, 2.24) is 9.38 Å². The SMILES string of the molecule is OC(Cc1cn2ccsc2n1)c1ccc(F)cc1I. The van der Waals surface area contributed by atoms with E-state index in [0.717, 1.165) is 19.8 Å². The quantitative estimate of drug-likeness (QED) is 0.699. The third-order valence-corrected chi connectivity index (χ3v) is 4.57. The summed E-state index contributed by atoms with van der Waals surface area (Å²) in [6, 6.07) is 4.41. The summed E-state index contributed by atoms with van der Waals surface area (Å²) in [5, 5.41) is 12.2. The van der Waals surface area contributed by atoms with E-state index in [1.165, 1.54) is 12.1 Å². The number of imidazole rings is 1. The second kappa shape index (κ2) is 5.18. The maximum atomic E-state index is 13.0. The van der Waals surface area contributed by atoms with Crippen LogP contribution in [0.25, 0.3) is 4.96 Å². The van der Waals surface area contributed by atoms with Gasteiger partial charge in [0.05, 0.1) is 11.8 Å². The van der Waals surface area contributed by atoms with Crippen molar-refractivity contribution in [2.24, 2.45) is 0 Å². The number of fused-ring (bicyclic) bond motifs is 1. The van der Waals surface area contributed by atoms with Crippen LogP contribution < -0.4 is 0 Å². The van der Waals surface area contributed by atoms with E-state index in [0.29, 0.717) is 6.42 Å². The number of hydrogen-bond acceptors (Lipinski definition) is 3. The standard InChI is InChI=1S/C13H10FIN2OS/c14-8-1-2-10(11(15)5-8)12(18)6-9-7-17-3-4-19-13(17)16-9/h1-5,7,12,18H,6H2. The molecule has 0 bridgehead atoms. The number of halogens is 2. The van der Waals surface area contributed by atoms with Gasteiger partial charge in [-0.2, -0.15) is 0 Å². The van der Waals surface area contributed by atoms with E-state index in [9.17, 15) is 9.50 Å². The monoisotopic (exact) mass is 388 g/mol. The number of benzene rings is 1. The molecule has 0 amide bonds. The Morgan fingerprint density at radius 3 is 3.05 bits per heavy atom. The lowest BCUT2D eigenvalue weighted by Crippen LogP contribution is -2.04. The van der Waals surface area contributed by atoms with Crippen molar-refractivity contribution in [3.05, 3.63) is 56.6 Å². The van der Waals surface area contributed by atoms with Crippen molar-refractivity contribution in [1.29, 1.82) is 0 Å². The zero-order valence-corrected chi connectivity index (χ0v) is 12.7. The van der Waals surface area contributed by atoms with Gasteiger partial charge in [-0.3, -0.25) is 4.40 Å². The molecule has 3 rings (SSSR count). The fourth-order valence-corrected chi connectivity index (χ4v) is 3.51. The van der Waals surface area contributed by atoms with Crippen LogP contribution in [0.15, 0.2) is 36.0 Å². The van der Waals surface area contributed by atoms with Gasteiger partial charge in [-0.05, 0) is 40.3 Å². The van der Waals surface area contributed by atoms with Crippen LogP contribution in [0.1, 0.15) is 17.4 Å². The van der Waals surface area contributed by atoms with Gasteiger partial charge in [-0.25, -0.2) is 9.37 Å². The lowest BCUT2D eigenvalue weighted by molar-refractivity contribution is 0.176. The van der Waals surface area contributed by atoms with E-state index in [-0.39, 0.29) is 5.82 Å². The highest BCUT2D eigenvalue weighted by Crippen LogP contribution is 2.24. The molecule has 0 fully saturated rings. The van der Waals surface area contributed by atoms with Crippen LogP contribution in [0, 0.1) is 9.39 Å². The fraction of sp³-hybridized carbons (Fsp3) is 0.154. The van der Waals surface area contributed by atoms with Crippen molar-refractivity contribution in [3.8, 4) is 0 Å². The number of thiazole rings is 1. The number of aromatic nitrogens is 2. The molecule has 0 aliphatic rings. The topological polar surface area (TPSA) is 37.5 Å². The highest BCUT2D eigenvalue weighted by atomic mass is 127. The smallest absolute Gasteiger partial charge is 0.193 e. The van der Waals surface area contributed by atoms with Crippen molar-refractivity contribution in [2.45, 2.75) is 12.5 Å². The van der Waals surface area contributed by atoms with E-state index in [2.05, 4.69) is 4.98 Å². The van der Waals surface area contributed by atoms with Crippen molar-refractivity contribution < 1.29 is 9.50 Å². The lowest BCUT2D eigenvalue weighted by Gasteiger charge is -2.11. The second-order valence-corrected chi connectivity index (χ2v) is 6.25. The summed E-state index contributed by atoms with van der Waals surface area (Å²) in [6.07, 6.45) is 3.60. The molecule has 1 atom stereocenters. The summed E-state index contributed by atoms with van der Waals surface area (Å²) in [4.78, 5) is 5.34. The van der Waals surface area contributed by atoms with E-state index in [1.54, 1.807) is 17.4 Å². The molecule has 6 heteroatoms. The minimum Gasteiger partial charge on any atom is -0.388 e. The number of hydrogen-bond donors (Lipinski definition) is 1. The summed E-state index contributed by atoms with van der Waals surface area (Å²) in [7, 11) is 0. The normalized spacial score (nSPS) is 13.0. The van der Waals surface area contributed by atoms with E-state index in [1.807, 2.05) is 44.8 Å². The first kappa shape index (κ1) is 13.0. The summed E-state index contributed by atoms with van der Waals surface area (Å²) >= 11 is 3.59. The Labute approximate surface area is 126 Å². The summed E-state index contributed by atoms with van der Waals surface area (Å²) in [5.74, 6) is -0.289. The third-order valence-electron chi connectivity index (χ3n) is 2.87. The predicted molar refractivity (Wildman–Crippen MR) is 80.8 cm³/mol. The van der Waals surface area contributed by atoms with Crippen molar-refractivity contribution >= 4 is 38.9 Å². The lowest BCUT2D eigenvalue weighted by atomic mass is 10.1. The van der Waals surface area contributed by atoms with Gasteiger partial charge in [0.25, 0.3) is 0 Å². The molecule has 1 aromatic carbocycles. The zero-order valence-electron chi connectivity index (χ0n) is 9.75. The minimum absolute atomic E-state index is 0.289. The maximum Gasteiger partial charge on any atom is 0.193 e. The van der Waals surface area contributed by atoms with Gasteiger partial charge >= 0.3 is 0 Å². The third kappa shape index (κ3) is 2.65. The van der Waals surface area contributed by atoms with Crippen LogP contribution in [-0.4, -0.2) is 14.5 Å². The van der Waals surface area contributed by atoms with Crippen LogP contribution in [0.4, 0.5) is 4.39 Å². The molecule has 3 aromatic rings. The summed E-state index contributed by atoms with van der Waals surface area (Å²) in [5.41, 5.74) is 1.57. The molecule has 2 aromatic heterocycles. The Hall–Kier alpha value is -0.990. The molecule has 19 heavy (non-hydrogen) atoms. The molecular formula is C13H10FIN2OS. The molecule has 1 unspecified atom stereocenters. The van der Waals surface area contributed by atoms with Gasteiger partial charge in [-0.1, -0.05) is 6.07 Å². The largest absolute Gasteiger partial charge is 0.388 e. The van der Waals surface area contributed by atoms with Crippen LogP contribution >= 0.6 is 33.9 Å². The molecule has 0 saturated carbocycles. The van der Waals surface area contributed by atoms with E-state index < -0.39 is 6.10 Å². The molecule has 0 spiro atoms. The summed E-state index contributed by atoms with van der Waals surface area (Å²) < 4.78 is 15.7. The Bertz CT molecular complexity index is 696. The van der Waals surface area contributed by atoms with Gasteiger partial charge in [0, 0.05) is 27.8 Å². The zero-order chi connectivity index (χ0) is 13.4. The molecule has 1 N–H and O–H groups in total. The maximum absolute atomic E-state index is 13.0. The Morgan fingerprint density at radius 1 is 1.47 bits per heavy atom. The van der Waals surface area contributed by atoms with Gasteiger partial charge < -0.3 is 5.11 Å². The van der Waals surface area contributed by atoms with Gasteiger partial charge in [0.1, 0.15) is 5.82 Å². The molecule has 0 saturated heterocycles. The molecule has 98 valence electrons. The van der Waals surface area contributed by atoms with Crippen LogP contribution in [-0.2, 0) is 6.42 Å². The first-order valence-electron chi connectivity index (χ1n) is 5.67. The predicted octanol–water partition coefficient (Wildman–Crippen LogP) is 3.42. The van der Waals surface area contributed by atoms with Gasteiger partial charge in [-0.15, -0.1) is 11.3 Å². The van der Waals surface area contributed by atoms with E-state index in [4.69, 9.17) is 0 Å². The van der Waals surface area contributed by atoms with Crippen LogP contribution in [0.2, 0.25) is 0 Å². The molecule has 2 heterocycles. The number of aliphatic hydroxyl groups excluding tert-OH is 1. The van der Waals surface area contributed by atoms with Crippen molar-refractivity contribution in [3.63, 3.8) is 0 Å². The average molecular weight is 388 g/mol. The van der Waals surface area contributed by atoms with Gasteiger partial charge in [0.2, 0.25) is 0 Å². The van der Waals surface area contributed by atoms with E-state index >= 15 is 0 Å². The Kier molecular flexibility index (Phi) is 3.55. The first-order chi connectivity index (χ1) is 9.13. The molecule has 0 aliphatic heterocycles. The number of aliphatic hydroxyl groups is 1. The molecule has 3 nitrogen and oxygen atoms in total. The second-order valence-electron chi connectivity index (χ2n) is 4.21. The first-order valence-corrected chi connectivity index (χ1v) is 7.63. The highest BCUT2D eigenvalue weighted by Gasteiger charge is 2.14.